The third kappa shape index (κ3) is 2.81. The third-order valence-electron chi connectivity index (χ3n) is 4.47. The molecular formula is C16H21NO2. The normalized spacial score (nSPS) is 29.8. The first-order valence-corrected chi connectivity index (χ1v) is 7.28. The molecule has 1 aromatic rings. The van der Waals surface area contributed by atoms with E-state index >= 15 is 0 Å². The van der Waals surface area contributed by atoms with Crippen molar-refractivity contribution in [2.24, 2.45) is 11.8 Å². The minimum Gasteiger partial charge on any atom is -0.460 e. The van der Waals surface area contributed by atoms with Crippen molar-refractivity contribution in [1.29, 1.82) is 0 Å². The van der Waals surface area contributed by atoms with E-state index in [0.717, 1.165) is 12.1 Å². The van der Waals surface area contributed by atoms with E-state index in [1.165, 1.54) is 25.7 Å². The first-order chi connectivity index (χ1) is 9.34. The number of hydrogen-bond acceptors (Lipinski definition) is 3. The van der Waals surface area contributed by atoms with E-state index in [2.05, 4.69) is 5.32 Å². The van der Waals surface area contributed by atoms with E-state index in [1.54, 1.807) is 0 Å². The zero-order valence-electron chi connectivity index (χ0n) is 11.2. The van der Waals surface area contributed by atoms with E-state index < -0.39 is 0 Å². The van der Waals surface area contributed by atoms with Gasteiger partial charge in [-0.1, -0.05) is 43.2 Å². The number of nitrogens with one attached hydrogen (secondary N) is 1. The molecule has 1 aliphatic carbocycles. The zero-order chi connectivity index (χ0) is 13.1. The van der Waals surface area contributed by atoms with Crippen LogP contribution in [0.4, 0.5) is 0 Å². The fraction of sp³-hybridized carbons (Fsp3) is 0.562. The maximum Gasteiger partial charge on any atom is 0.323 e. The van der Waals surface area contributed by atoms with Gasteiger partial charge in [-0.25, -0.2) is 0 Å². The molecular weight excluding hydrogens is 238 g/mol. The number of carbonyl (C=O) groups excluding carboxylic acids is 1. The van der Waals surface area contributed by atoms with E-state index in [9.17, 15) is 4.79 Å². The summed E-state index contributed by atoms with van der Waals surface area (Å²) in [7, 11) is 0. The Labute approximate surface area is 114 Å². The maximum atomic E-state index is 12.2. The van der Waals surface area contributed by atoms with E-state index in [1.807, 2.05) is 30.3 Å². The Morgan fingerprint density at radius 2 is 2.00 bits per heavy atom. The van der Waals surface area contributed by atoms with Crippen LogP contribution < -0.4 is 5.32 Å². The molecule has 3 rings (SSSR count). The van der Waals surface area contributed by atoms with Gasteiger partial charge in [-0.15, -0.1) is 0 Å². The Balaban J connectivity index is 1.56. The van der Waals surface area contributed by atoms with Crippen LogP contribution in [0.25, 0.3) is 0 Å². The van der Waals surface area contributed by atoms with Crippen molar-refractivity contribution >= 4 is 5.97 Å². The second-order valence-corrected chi connectivity index (χ2v) is 5.69. The van der Waals surface area contributed by atoms with Gasteiger partial charge in [0, 0.05) is 0 Å². The molecule has 1 heterocycles. The fourth-order valence-corrected chi connectivity index (χ4v) is 3.43. The molecule has 0 amide bonds. The van der Waals surface area contributed by atoms with Crippen LogP contribution in [-0.4, -0.2) is 18.6 Å². The lowest BCUT2D eigenvalue weighted by Gasteiger charge is -2.27. The monoisotopic (exact) mass is 259 g/mol. The average molecular weight is 259 g/mol. The molecule has 2 aliphatic rings. The van der Waals surface area contributed by atoms with Crippen molar-refractivity contribution < 1.29 is 9.53 Å². The quantitative estimate of drug-likeness (QED) is 0.848. The van der Waals surface area contributed by atoms with Crippen LogP contribution in [0.3, 0.4) is 0 Å². The summed E-state index contributed by atoms with van der Waals surface area (Å²) in [4.78, 5) is 12.2. The predicted octanol–water partition coefficient (Wildman–Crippen LogP) is 2.51. The van der Waals surface area contributed by atoms with Gasteiger partial charge < -0.3 is 10.1 Å². The summed E-state index contributed by atoms with van der Waals surface area (Å²) < 4.78 is 5.46. The molecule has 3 atom stereocenters. The minimum atomic E-state index is -0.0750. The molecule has 1 N–H and O–H groups in total. The minimum absolute atomic E-state index is 0.0711. The molecule has 102 valence electrons. The molecule has 3 nitrogen and oxygen atoms in total. The molecule has 2 fully saturated rings. The number of fused-ring (bicyclic) bond motifs is 1. The number of rotatable bonds is 3. The van der Waals surface area contributed by atoms with Crippen molar-refractivity contribution in [3.63, 3.8) is 0 Å². The molecule has 1 saturated carbocycles. The third-order valence-corrected chi connectivity index (χ3v) is 4.47. The Morgan fingerprint density at radius 1 is 1.21 bits per heavy atom. The molecule has 0 radical (unpaired) electrons. The van der Waals surface area contributed by atoms with Crippen LogP contribution in [0.2, 0.25) is 0 Å². The number of carbonyl (C=O) groups is 1. The Bertz CT molecular complexity index is 432. The average Bonchev–Trinajstić information content (AvgIpc) is 2.90. The van der Waals surface area contributed by atoms with Crippen molar-refractivity contribution in [3.8, 4) is 0 Å². The predicted molar refractivity (Wildman–Crippen MR) is 73.5 cm³/mol. The highest BCUT2D eigenvalue weighted by Gasteiger charge is 2.41. The summed E-state index contributed by atoms with van der Waals surface area (Å²) in [6, 6.07) is 9.80. The molecule has 0 bridgehead atoms. The van der Waals surface area contributed by atoms with E-state index in [4.69, 9.17) is 4.74 Å². The highest BCUT2D eigenvalue weighted by Crippen LogP contribution is 2.36. The number of ether oxygens (including phenoxy) is 1. The lowest BCUT2D eigenvalue weighted by molar-refractivity contribution is -0.148. The van der Waals surface area contributed by atoms with Gasteiger partial charge in [0.15, 0.2) is 0 Å². The van der Waals surface area contributed by atoms with Crippen LogP contribution in [0.15, 0.2) is 30.3 Å². The van der Waals surface area contributed by atoms with Crippen molar-refractivity contribution in [1.82, 2.24) is 5.32 Å². The van der Waals surface area contributed by atoms with E-state index in [-0.39, 0.29) is 12.0 Å². The summed E-state index contributed by atoms with van der Waals surface area (Å²) in [6.45, 7) is 1.37. The zero-order valence-corrected chi connectivity index (χ0v) is 11.2. The summed E-state index contributed by atoms with van der Waals surface area (Å²) in [5.41, 5.74) is 1.05. The summed E-state index contributed by atoms with van der Waals surface area (Å²) in [6.07, 6.45) is 5.00. The van der Waals surface area contributed by atoms with Crippen molar-refractivity contribution in [2.75, 3.05) is 6.54 Å². The summed E-state index contributed by atoms with van der Waals surface area (Å²) >= 11 is 0. The van der Waals surface area contributed by atoms with Gasteiger partial charge >= 0.3 is 5.97 Å². The summed E-state index contributed by atoms with van der Waals surface area (Å²) in [5.74, 6) is 1.11. The van der Waals surface area contributed by atoms with Gasteiger partial charge in [-0.3, -0.25) is 4.79 Å². The molecule has 3 unspecified atom stereocenters. The maximum absolute atomic E-state index is 12.2. The molecule has 1 saturated heterocycles. The number of benzene rings is 1. The highest BCUT2D eigenvalue weighted by atomic mass is 16.5. The first kappa shape index (κ1) is 12.7. The Morgan fingerprint density at radius 3 is 2.84 bits per heavy atom. The largest absolute Gasteiger partial charge is 0.460 e. The van der Waals surface area contributed by atoms with Crippen molar-refractivity contribution in [3.05, 3.63) is 35.9 Å². The molecule has 1 aromatic carbocycles. The number of hydrogen-bond donors (Lipinski definition) is 1. The molecule has 0 aromatic heterocycles. The second kappa shape index (κ2) is 5.74. The standard InChI is InChI=1S/C16H21NO2/c18-16(19-11-12-6-2-1-3-7-12)15-14-9-5-4-8-13(14)10-17-15/h1-3,6-7,13-15,17H,4-5,8-11H2. The lowest BCUT2D eigenvalue weighted by Crippen LogP contribution is -2.38. The van der Waals surface area contributed by atoms with Gasteiger partial charge in [0.05, 0.1) is 0 Å². The summed E-state index contributed by atoms with van der Waals surface area (Å²) in [5, 5.41) is 3.36. The second-order valence-electron chi connectivity index (χ2n) is 5.69. The van der Waals surface area contributed by atoms with E-state index in [0.29, 0.717) is 18.4 Å². The van der Waals surface area contributed by atoms with Gasteiger partial charge in [-0.05, 0) is 36.8 Å². The molecule has 1 aliphatic heterocycles. The van der Waals surface area contributed by atoms with Crippen LogP contribution in [0.5, 0.6) is 0 Å². The smallest absolute Gasteiger partial charge is 0.323 e. The van der Waals surface area contributed by atoms with Gasteiger partial charge in [-0.2, -0.15) is 0 Å². The number of esters is 1. The fourth-order valence-electron chi connectivity index (χ4n) is 3.43. The van der Waals surface area contributed by atoms with Gasteiger partial charge in [0.2, 0.25) is 0 Å². The van der Waals surface area contributed by atoms with Crippen molar-refractivity contribution in [2.45, 2.75) is 38.3 Å². The van der Waals surface area contributed by atoms with Crippen LogP contribution in [0.1, 0.15) is 31.2 Å². The molecule has 0 spiro atoms. The SMILES string of the molecule is O=C(OCc1ccccc1)C1NCC2CCCCC21. The molecule has 19 heavy (non-hydrogen) atoms. The first-order valence-electron chi connectivity index (χ1n) is 7.28. The highest BCUT2D eigenvalue weighted by molar-refractivity contribution is 5.76. The Kier molecular flexibility index (Phi) is 3.83. The Hall–Kier alpha value is -1.35. The van der Waals surface area contributed by atoms with Gasteiger partial charge in [0.25, 0.3) is 0 Å². The van der Waals surface area contributed by atoms with Crippen LogP contribution in [0, 0.1) is 11.8 Å². The van der Waals surface area contributed by atoms with Crippen LogP contribution >= 0.6 is 0 Å². The lowest BCUT2D eigenvalue weighted by atomic mass is 9.78. The topological polar surface area (TPSA) is 38.3 Å². The van der Waals surface area contributed by atoms with Gasteiger partial charge in [0.1, 0.15) is 12.6 Å². The molecule has 3 heteroatoms. The van der Waals surface area contributed by atoms with Crippen LogP contribution in [-0.2, 0) is 16.1 Å².